The average molecular weight is 436 g/mol. The van der Waals surface area contributed by atoms with Gasteiger partial charge in [-0.15, -0.1) is 0 Å². The van der Waals surface area contributed by atoms with Crippen LogP contribution in [0.4, 0.5) is 4.79 Å². The van der Waals surface area contributed by atoms with E-state index in [1.54, 1.807) is 4.31 Å². The Morgan fingerprint density at radius 2 is 1.69 bits per heavy atom. The summed E-state index contributed by atoms with van der Waals surface area (Å²) in [6.45, 7) is 8.18. The first-order valence-corrected chi connectivity index (χ1v) is 12.1. The number of sulfonamides is 1. The van der Waals surface area contributed by atoms with E-state index in [9.17, 15) is 13.2 Å². The molecule has 2 rings (SSSR count). The fourth-order valence-electron chi connectivity index (χ4n) is 3.87. The Bertz CT molecular complexity index is 606. The molecule has 1 heterocycles. The van der Waals surface area contributed by atoms with Crippen LogP contribution < -0.4 is 5.32 Å². The molecule has 0 aromatic rings. The van der Waals surface area contributed by atoms with Gasteiger partial charge >= 0.3 is 6.09 Å². The molecule has 0 unspecified atom stereocenters. The van der Waals surface area contributed by atoms with Crippen LogP contribution in [0.3, 0.4) is 0 Å². The number of amides is 1. The van der Waals surface area contributed by atoms with Crippen molar-refractivity contribution in [3.05, 3.63) is 0 Å². The lowest BCUT2D eigenvalue weighted by atomic mass is 9.90. The monoisotopic (exact) mass is 435 g/mol. The molecule has 1 amide bonds. The lowest BCUT2D eigenvalue weighted by Crippen LogP contribution is -2.54. The maximum Gasteiger partial charge on any atom is 0.407 e. The van der Waals surface area contributed by atoms with Gasteiger partial charge in [0.1, 0.15) is 5.60 Å². The van der Waals surface area contributed by atoms with Gasteiger partial charge in [-0.25, -0.2) is 13.2 Å². The molecule has 1 aliphatic heterocycles. The van der Waals surface area contributed by atoms with E-state index in [-0.39, 0.29) is 37.7 Å². The van der Waals surface area contributed by atoms with Gasteiger partial charge in [-0.3, -0.25) is 4.90 Å². The number of carbonyl (C=O) groups excluding carboxylic acids is 1. The highest BCUT2D eigenvalue weighted by Gasteiger charge is 2.32. The summed E-state index contributed by atoms with van der Waals surface area (Å²) in [6.07, 6.45) is 3.43. The molecule has 1 saturated carbocycles. The van der Waals surface area contributed by atoms with Crippen LogP contribution in [0.1, 0.15) is 46.5 Å². The number of nitrogens with zero attached hydrogens (tertiary/aromatic N) is 2. The van der Waals surface area contributed by atoms with Crippen LogP contribution in [0.15, 0.2) is 0 Å². The molecule has 0 aromatic heterocycles. The number of ether oxygens (including phenoxy) is 2. The summed E-state index contributed by atoms with van der Waals surface area (Å²) in [6, 6.07) is 0.575. The molecule has 0 spiro atoms. The van der Waals surface area contributed by atoms with Gasteiger partial charge in [0.15, 0.2) is 0 Å². The summed E-state index contributed by atoms with van der Waals surface area (Å²) in [5, 5.41) is 11.6. The molecule has 9 nitrogen and oxygen atoms in total. The van der Waals surface area contributed by atoms with Crippen molar-refractivity contribution in [1.82, 2.24) is 14.5 Å². The number of aliphatic hydroxyl groups excluding tert-OH is 1. The van der Waals surface area contributed by atoms with Crippen molar-refractivity contribution in [2.45, 2.75) is 64.1 Å². The van der Waals surface area contributed by atoms with Crippen molar-refractivity contribution in [1.29, 1.82) is 0 Å². The number of hydrogen-bond acceptors (Lipinski definition) is 7. The van der Waals surface area contributed by atoms with Gasteiger partial charge in [-0.2, -0.15) is 4.31 Å². The largest absolute Gasteiger partial charge is 0.444 e. The van der Waals surface area contributed by atoms with Crippen LogP contribution in [0.25, 0.3) is 0 Å². The van der Waals surface area contributed by atoms with Crippen molar-refractivity contribution in [3.63, 3.8) is 0 Å². The zero-order chi connectivity index (χ0) is 21.5. The number of alkyl carbamates (subject to hydrolysis) is 1. The third-order valence-corrected chi connectivity index (χ3v) is 7.16. The van der Waals surface area contributed by atoms with Gasteiger partial charge in [0.2, 0.25) is 10.0 Å². The molecule has 1 saturated heterocycles. The van der Waals surface area contributed by atoms with Crippen molar-refractivity contribution in [3.8, 4) is 0 Å². The fraction of sp³-hybridized carbons (Fsp3) is 0.947. The zero-order valence-corrected chi connectivity index (χ0v) is 18.7. The minimum atomic E-state index is -3.32. The molecular weight excluding hydrogens is 398 g/mol. The highest BCUT2D eigenvalue weighted by atomic mass is 32.2. The summed E-state index contributed by atoms with van der Waals surface area (Å²) < 4.78 is 36.7. The number of rotatable bonds is 8. The topological polar surface area (TPSA) is 108 Å². The van der Waals surface area contributed by atoms with Crippen molar-refractivity contribution >= 4 is 16.1 Å². The minimum Gasteiger partial charge on any atom is -0.444 e. The number of nitrogens with one attached hydrogen (secondary N) is 1. The van der Waals surface area contributed by atoms with Gasteiger partial charge in [-0.05, 0) is 46.5 Å². The van der Waals surface area contributed by atoms with E-state index in [4.69, 9.17) is 14.6 Å². The Morgan fingerprint density at radius 3 is 2.24 bits per heavy atom. The van der Waals surface area contributed by atoms with E-state index in [1.165, 1.54) is 0 Å². The molecule has 29 heavy (non-hydrogen) atoms. The van der Waals surface area contributed by atoms with E-state index >= 15 is 0 Å². The fourth-order valence-corrected chi connectivity index (χ4v) is 5.17. The van der Waals surface area contributed by atoms with Gasteiger partial charge in [0.25, 0.3) is 0 Å². The summed E-state index contributed by atoms with van der Waals surface area (Å²) in [7, 11) is -3.32. The molecule has 2 fully saturated rings. The Kier molecular flexibility index (Phi) is 9.15. The van der Waals surface area contributed by atoms with E-state index in [1.807, 2.05) is 20.8 Å². The summed E-state index contributed by atoms with van der Waals surface area (Å²) in [5.41, 5.74) is -0.494. The number of aliphatic hydroxyl groups is 1. The molecular formula is C19H37N3O6S. The summed E-state index contributed by atoms with van der Waals surface area (Å²) >= 11 is 0. The minimum absolute atomic E-state index is 0.0472. The standard InChI is InChI=1S/C19H37N3O6S/c1-19(2,3)28-18(24)20-16-4-6-17(7-5-16)21-8-10-22(11-9-21)29(25,26)15-14-27-13-12-23/h16-17,23H,4-15H2,1-3H3,(H,20,24). The molecule has 0 aromatic carbocycles. The highest BCUT2D eigenvalue weighted by Crippen LogP contribution is 2.25. The Hall–Kier alpha value is -0.940. The second-order valence-corrected chi connectivity index (χ2v) is 10.8. The number of hydrogen-bond donors (Lipinski definition) is 2. The number of piperazine rings is 1. The second-order valence-electron chi connectivity index (χ2n) is 8.74. The van der Waals surface area contributed by atoms with Crippen LogP contribution >= 0.6 is 0 Å². The second kappa shape index (κ2) is 10.9. The van der Waals surface area contributed by atoms with Crippen LogP contribution in [-0.4, -0.2) is 98.3 Å². The van der Waals surface area contributed by atoms with Crippen LogP contribution in [0, 0.1) is 0 Å². The predicted octanol–water partition coefficient (Wildman–Crippen LogP) is 0.779. The maximum absolute atomic E-state index is 12.4. The van der Waals surface area contributed by atoms with Crippen LogP contribution in [-0.2, 0) is 19.5 Å². The maximum atomic E-state index is 12.4. The molecule has 2 aliphatic rings. The summed E-state index contributed by atoms with van der Waals surface area (Å²) in [4.78, 5) is 14.3. The zero-order valence-electron chi connectivity index (χ0n) is 17.9. The lowest BCUT2D eigenvalue weighted by molar-refractivity contribution is 0.0468. The third kappa shape index (κ3) is 8.37. The van der Waals surface area contributed by atoms with E-state index in [0.717, 1.165) is 38.8 Å². The Balaban J connectivity index is 1.70. The van der Waals surface area contributed by atoms with Gasteiger partial charge in [-0.1, -0.05) is 0 Å². The van der Waals surface area contributed by atoms with Crippen LogP contribution in [0.5, 0.6) is 0 Å². The smallest absolute Gasteiger partial charge is 0.407 e. The average Bonchev–Trinajstić information content (AvgIpc) is 2.64. The van der Waals surface area contributed by atoms with Crippen molar-refractivity contribution in [2.24, 2.45) is 0 Å². The number of carbonyl (C=O) groups is 1. The highest BCUT2D eigenvalue weighted by molar-refractivity contribution is 7.89. The molecule has 10 heteroatoms. The van der Waals surface area contributed by atoms with Gasteiger partial charge < -0.3 is 19.9 Å². The summed E-state index contributed by atoms with van der Waals surface area (Å²) in [5.74, 6) is -0.0472. The Morgan fingerprint density at radius 1 is 1.07 bits per heavy atom. The first kappa shape index (κ1) is 24.3. The lowest BCUT2D eigenvalue weighted by Gasteiger charge is -2.41. The predicted molar refractivity (Wildman–Crippen MR) is 110 cm³/mol. The molecule has 0 bridgehead atoms. The molecule has 0 radical (unpaired) electrons. The third-order valence-electron chi connectivity index (χ3n) is 5.32. The molecule has 2 N–H and O–H groups in total. The Labute approximate surface area is 174 Å². The van der Waals surface area contributed by atoms with E-state index in [2.05, 4.69) is 10.2 Å². The quantitative estimate of drug-likeness (QED) is 0.542. The molecule has 0 atom stereocenters. The normalized spacial score (nSPS) is 25.0. The van der Waals surface area contributed by atoms with Crippen molar-refractivity contribution < 1.29 is 27.8 Å². The van der Waals surface area contributed by atoms with E-state index < -0.39 is 15.6 Å². The SMILES string of the molecule is CC(C)(C)OC(=O)NC1CCC(N2CCN(S(=O)(=O)CCOCCO)CC2)CC1. The molecule has 1 aliphatic carbocycles. The van der Waals surface area contributed by atoms with Crippen LogP contribution in [0.2, 0.25) is 0 Å². The van der Waals surface area contributed by atoms with Crippen molar-refractivity contribution in [2.75, 3.05) is 51.8 Å². The first-order valence-electron chi connectivity index (χ1n) is 10.5. The van der Waals surface area contributed by atoms with E-state index in [0.29, 0.717) is 19.1 Å². The molecule has 170 valence electrons. The first-order chi connectivity index (χ1) is 13.6. The van der Waals surface area contributed by atoms with Gasteiger partial charge in [0.05, 0.1) is 25.6 Å². The van der Waals surface area contributed by atoms with Gasteiger partial charge in [0, 0.05) is 38.3 Å².